The van der Waals surface area contributed by atoms with E-state index in [0.29, 0.717) is 6.42 Å². The van der Waals surface area contributed by atoms with Gasteiger partial charge in [-0.3, -0.25) is 4.18 Å². The third-order valence-corrected chi connectivity index (χ3v) is 4.74. The minimum Gasteiger partial charge on any atom is -0.267 e. The lowest BCUT2D eigenvalue weighted by molar-refractivity contribution is 0.217. The molecule has 2 rings (SSSR count). The van der Waals surface area contributed by atoms with Gasteiger partial charge in [0.25, 0.3) is 10.1 Å². The van der Waals surface area contributed by atoms with E-state index in [0.717, 1.165) is 32.1 Å². The van der Waals surface area contributed by atoms with Crippen LogP contribution in [0.3, 0.4) is 0 Å². The quantitative estimate of drug-likeness (QED) is 0.774. The summed E-state index contributed by atoms with van der Waals surface area (Å²) >= 11 is 1.71. The molecular formula is C13H22O3S2. The van der Waals surface area contributed by atoms with Crippen LogP contribution >= 0.6 is 11.3 Å². The second-order valence-electron chi connectivity index (χ2n) is 4.41. The van der Waals surface area contributed by atoms with Crippen LogP contribution in [0.15, 0.2) is 22.9 Å². The summed E-state index contributed by atoms with van der Waals surface area (Å²) in [5, 5.41) is 4.08. The zero-order valence-electron chi connectivity index (χ0n) is 10.9. The van der Waals surface area contributed by atoms with Crippen LogP contribution in [-0.4, -0.2) is 20.3 Å². The summed E-state index contributed by atoms with van der Waals surface area (Å²) in [7, 11) is -3.23. The van der Waals surface area contributed by atoms with Gasteiger partial charge in [-0.15, -0.1) is 0 Å². The van der Waals surface area contributed by atoms with Crippen LogP contribution < -0.4 is 0 Å². The molecule has 0 N–H and O–H groups in total. The highest BCUT2D eigenvalue weighted by Crippen LogP contribution is 2.22. The summed E-state index contributed by atoms with van der Waals surface area (Å²) in [4.78, 5) is 0. The molecule has 3 nitrogen and oxygen atoms in total. The summed E-state index contributed by atoms with van der Waals surface area (Å²) < 4.78 is 27.7. The molecule has 1 aliphatic carbocycles. The molecule has 0 aromatic carbocycles. The topological polar surface area (TPSA) is 43.4 Å². The Labute approximate surface area is 114 Å². The van der Waals surface area contributed by atoms with E-state index < -0.39 is 10.1 Å². The molecule has 0 aliphatic heterocycles. The molecule has 1 aromatic rings. The average Bonchev–Trinajstić information content (AvgIpc) is 3.00. The van der Waals surface area contributed by atoms with E-state index in [1.54, 1.807) is 11.3 Å². The number of rotatable bonds is 5. The molecule has 0 atom stereocenters. The van der Waals surface area contributed by atoms with E-state index in [2.05, 4.69) is 0 Å². The molecule has 0 saturated heterocycles. The van der Waals surface area contributed by atoms with E-state index in [9.17, 15) is 8.42 Å². The fraction of sp³-hybridized carbons (Fsp3) is 0.692. The molecule has 1 saturated carbocycles. The van der Waals surface area contributed by atoms with Crippen LogP contribution in [0.5, 0.6) is 0 Å². The molecule has 0 unspecified atom stereocenters. The van der Waals surface area contributed by atoms with Crippen molar-refractivity contribution in [3.8, 4) is 0 Å². The van der Waals surface area contributed by atoms with E-state index in [1.807, 2.05) is 29.8 Å². The lowest BCUT2D eigenvalue weighted by atomic mass is 10.3. The van der Waals surface area contributed by atoms with Crippen molar-refractivity contribution in [1.82, 2.24) is 0 Å². The highest BCUT2D eigenvalue weighted by atomic mass is 32.2. The summed E-state index contributed by atoms with van der Waals surface area (Å²) in [6.45, 7) is 1.98. The maximum Gasteiger partial charge on any atom is 0.267 e. The first kappa shape index (κ1) is 15.7. The third kappa shape index (κ3) is 7.13. The maximum absolute atomic E-state index is 11.3. The van der Waals surface area contributed by atoms with E-state index in [4.69, 9.17) is 4.18 Å². The Bertz CT molecular complexity index is 361. The van der Waals surface area contributed by atoms with Crippen molar-refractivity contribution in [3.05, 3.63) is 22.9 Å². The van der Waals surface area contributed by atoms with Gasteiger partial charge in [0.15, 0.2) is 0 Å². The second-order valence-corrected chi connectivity index (χ2v) is 6.94. The lowest BCUT2D eigenvalue weighted by Gasteiger charge is -2.10. The number of unbranched alkanes of at least 4 members (excludes halogenated alkanes) is 1. The fourth-order valence-corrected chi connectivity index (χ4v) is 3.59. The summed E-state index contributed by atoms with van der Waals surface area (Å²) in [6.07, 6.45) is 5.60. The lowest BCUT2D eigenvalue weighted by Crippen LogP contribution is -2.17. The largest absolute Gasteiger partial charge is 0.267 e. The van der Waals surface area contributed by atoms with E-state index in [-0.39, 0.29) is 11.9 Å². The molecule has 1 heterocycles. The minimum atomic E-state index is -3.23. The van der Waals surface area contributed by atoms with Gasteiger partial charge >= 0.3 is 0 Å². The smallest absolute Gasteiger partial charge is 0.267 e. The summed E-state index contributed by atoms with van der Waals surface area (Å²) in [6, 6.07) is 4.04. The normalized spacial score (nSPS) is 16.3. The molecule has 0 amide bonds. The molecule has 1 aromatic heterocycles. The fourth-order valence-electron chi connectivity index (χ4n) is 1.79. The Balaban J connectivity index is 0.000000269. The van der Waals surface area contributed by atoms with Gasteiger partial charge in [-0.05, 0) is 30.0 Å². The predicted octanol–water partition coefficient (Wildman–Crippen LogP) is 3.82. The highest BCUT2D eigenvalue weighted by molar-refractivity contribution is 7.86. The standard InChI is InChI=1S/C9H18O3S.C4H4S/c1-2-3-8-13(10,11)12-9-6-4-5-7-9;1-2-4-5-3-1/h9H,2-8H2,1H3;1-4H. The first-order valence-electron chi connectivity index (χ1n) is 6.52. The van der Waals surface area contributed by atoms with Gasteiger partial charge in [-0.2, -0.15) is 19.8 Å². The predicted molar refractivity (Wildman–Crippen MR) is 76.4 cm³/mol. The Kier molecular flexibility index (Phi) is 7.54. The Morgan fingerprint density at radius 2 is 1.83 bits per heavy atom. The molecule has 0 radical (unpaired) electrons. The molecule has 5 heteroatoms. The van der Waals surface area contributed by atoms with Crippen LogP contribution in [0, 0.1) is 0 Å². The van der Waals surface area contributed by atoms with E-state index in [1.165, 1.54) is 0 Å². The number of hydrogen-bond acceptors (Lipinski definition) is 4. The van der Waals surface area contributed by atoms with Crippen LogP contribution in [-0.2, 0) is 14.3 Å². The average molecular weight is 290 g/mol. The van der Waals surface area contributed by atoms with Crippen molar-refractivity contribution in [2.45, 2.75) is 51.6 Å². The van der Waals surface area contributed by atoms with Crippen molar-refractivity contribution in [2.24, 2.45) is 0 Å². The van der Waals surface area contributed by atoms with E-state index >= 15 is 0 Å². The molecular weight excluding hydrogens is 268 g/mol. The van der Waals surface area contributed by atoms with Gasteiger partial charge in [0.1, 0.15) is 0 Å². The van der Waals surface area contributed by atoms with Crippen LogP contribution in [0.2, 0.25) is 0 Å². The van der Waals surface area contributed by atoms with Gasteiger partial charge in [0, 0.05) is 0 Å². The van der Waals surface area contributed by atoms with Crippen molar-refractivity contribution >= 4 is 21.5 Å². The SMILES string of the molecule is CCCCS(=O)(=O)OC1CCCC1.c1ccsc1. The molecule has 1 fully saturated rings. The van der Waals surface area contributed by atoms with Crippen LogP contribution in [0.4, 0.5) is 0 Å². The Morgan fingerprint density at radius 3 is 2.28 bits per heavy atom. The maximum atomic E-state index is 11.3. The summed E-state index contributed by atoms with van der Waals surface area (Å²) in [5.74, 6) is 0.181. The van der Waals surface area contributed by atoms with Gasteiger partial charge in [0.05, 0.1) is 11.9 Å². The molecule has 104 valence electrons. The minimum absolute atomic E-state index is 0.0261. The Hall–Kier alpha value is -0.390. The third-order valence-electron chi connectivity index (χ3n) is 2.76. The first-order valence-corrected chi connectivity index (χ1v) is 9.04. The van der Waals surface area contributed by atoms with Gasteiger partial charge < -0.3 is 0 Å². The van der Waals surface area contributed by atoms with Gasteiger partial charge in [0.2, 0.25) is 0 Å². The molecule has 0 spiro atoms. The van der Waals surface area contributed by atoms with Crippen molar-refractivity contribution in [1.29, 1.82) is 0 Å². The molecule has 18 heavy (non-hydrogen) atoms. The zero-order chi connectivity index (χ0) is 13.3. The van der Waals surface area contributed by atoms with Crippen LogP contribution in [0.1, 0.15) is 45.4 Å². The molecule has 1 aliphatic rings. The summed E-state index contributed by atoms with van der Waals surface area (Å²) in [5.41, 5.74) is 0. The number of thiophene rings is 1. The Morgan fingerprint density at radius 1 is 1.22 bits per heavy atom. The van der Waals surface area contributed by atoms with Gasteiger partial charge in [-0.25, -0.2) is 0 Å². The van der Waals surface area contributed by atoms with Crippen molar-refractivity contribution in [3.63, 3.8) is 0 Å². The zero-order valence-corrected chi connectivity index (χ0v) is 12.5. The second kappa shape index (κ2) is 8.67. The molecule has 0 bridgehead atoms. The van der Waals surface area contributed by atoms with Gasteiger partial charge in [-0.1, -0.05) is 38.3 Å². The first-order chi connectivity index (χ1) is 8.64. The number of hydrogen-bond donors (Lipinski definition) is 0. The highest BCUT2D eigenvalue weighted by Gasteiger charge is 2.22. The van der Waals surface area contributed by atoms with Crippen molar-refractivity contribution < 1.29 is 12.6 Å². The monoisotopic (exact) mass is 290 g/mol. The van der Waals surface area contributed by atoms with Crippen molar-refractivity contribution in [2.75, 3.05) is 5.75 Å². The van der Waals surface area contributed by atoms with Crippen LogP contribution in [0.25, 0.3) is 0 Å².